The number of hydrogen-bond donors (Lipinski definition) is 3. The van der Waals surface area contributed by atoms with Gasteiger partial charge in [-0.3, -0.25) is 4.79 Å². The molecule has 4 heteroatoms. The lowest BCUT2D eigenvalue weighted by molar-refractivity contribution is -0.131. The maximum absolute atomic E-state index is 11.1. The molecule has 1 aliphatic carbocycles. The fourth-order valence-corrected chi connectivity index (χ4v) is 3.24. The molecule has 3 rings (SSSR count). The first-order chi connectivity index (χ1) is 10.3. The molecule has 1 amide bonds. The molecule has 4 nitrogen and oxygen atoms in total. The maximum Gasteiger partial charge on any atom is 0.249 e. The average Bonchev–Trinajstić information content (AvgIpc) is 2.74. The third-order valence-electron chi connectivity index (χ3n) is 4.54. The van der Waals surface area contributed by atoms with E-state index in [4.69, 9.17) is 5.73 Å². The van der Waals surface area contributed by atoms with E-state index < -0.39 is 18.1 Å². The Labute approximate surface area is 129 Å². The predicted molar refractivity (Wildman–Crippen MR) is 84.2 cm³/mol. The number of primary amides is 1. The molecule has 2 atom stereocenters. The molecule has 0 aliphatic heterocycles. The highest BCUT2D eigenvalue weighted by atomic mass is 16.3. The molecule has 22 heavy (non-hydrogen) atoms. The monoisotopic (exact) mass is 297 g/mol. The molecule has 0 saturated carbocycles. The first kappa shape index (κ1) is 14.8. The van der Waals surface area contributed by atoms with Gasteiger partial charge in [0.15, 0.2) is 6.10 Å². The van der Waals surface area contributed by atoms with Gasteiger partial charge in [0.25, 0.3) is 0 Å². The summed E-state index contributed by atoms with van der Waals surface area (Å²) in [6.07, 6.45) is -2.92. The minimum absolute atomic E-state index is 0.195. The van der Waals surface area contributed by atoms with Crippen LogP contribution in [0.4, 0.5) is 0 Å². The summed E-state index contributed by atoms with van der Waals surface area (Å²) in [7, 11) is 0. The molecule has 0 aromatic heterocycles. The molecule has 0 bridgehead atoms. The molecular weight excluding hydrogens is 278 g/mol. The van der Waals surface area contributed by atoms with Gasteiger partial charge < -0.3 is 15.9 Å². The number of fused-ring (bicyclic) bond motifs is 3. The Bertz CT molecular complexity index is 752. The van der Waals surface area contributed by atoms with Crippen LogP contribution in [0.15, 0.2) is 42.5 Å². The third-order valence-corrected chi connectivity index (χ3v) is 4.54. The van der Waals surface area contributed by atoms with Crippen LogP contribution in [0.3, 0.4) is 0 Å². The zero-order valence-corrected chi connectivity index (χ0v) is 12.6. The Hall–Kier alpha value is -2.17. The summed E-state index contributed by atoms with van der Waals surface area (Å²) in [6.45, 7) is 4.25. The fraction of sp³-hybridized carbons (Fsp3) is 0.278. The zero-order valence-electron chi connectivity index (χ0n) is 12.6. The fourth-order valence-electron chi connectivity index (χ4n) is 3.24. The minimum atomic E-state index is -1.61. The van der Waals surface area contributed by atoms with E-state index in [2.05, 4.69) is 26.0 Å². The number of amides is 1. The van der Waals surface area contributed by atoms with Gasteiger partial charge in [0.05, 0.1) is 0 Å². The van der Waals surface area contributed by atoms with Crippen molar-refractivity contribution in [1.29, 1.82) is 0 Å². The van der Waals surface area contributed by atoms with E-state index >= 15 is 0 Å². The normalized spacial score (nSPS) is 17.5. The Morgan fingerprint density at radius 3 is 2.36 bits per heavy atom. The van der Waals surface area contributed by atoms with Crippen LogP contribution in [0.5, 0.6) is 0 Å². The Morgan fingerprint density at radius 1 is 1.05 bits per heavy atom. The number of benzene rings is 2. The molecule has 1 aliphatic rings. The SMILES string of the molecule is CC1(C)c2ccccc2-c2ccc(C(O)C(O)C(N)=O)cc21. The second-order valence-electron chi connectivity index (χ2n) is 6.27. The van der Waals surface area contributed by atoms with Gasteiger partial charge in [-0.25, -0.2) is 0 Å². The summed E-state index contributed by atoms with van der Waals surface area (Å²) in [5, 5.41) is 19.8. The molecule has 0 fully saturated rings. The topological polar surface area (TPSA) is 83.6 Å². The molecule has 0 radical (unpaired) electrons. The number of hydrogen-bond acceptors (Lipinski definition) is 3. The molecule has 2 unspecified atom stereocenters. The maximum atomic E-state index is 11.1. The molecular formula is C18H19NO3. The van der Waals surface area contributed by atoms with Gasteiger partial charge in [-0.15, -0.1) is 0 Å². The highest BCUT2D eigenvalue weighted by molar-refractivity contribution is 5.82. The summed E-state index contributed by atoms with van der Waals surface area (Å²) in [4.78, 5) is 11.1. The first-order valence-electron chi connectivity index (χ1n) is 7.24. The van der Waals surface area contributed by atoms with E-state index in [0.29, 0.717) is 5.56 Å². The summed E-state index contributed by atoms with van der Waals surface area (Å²) >= 11 is 0. The van der Waals surface area contributed by atoms with Crippen LogP contribution in [-0.2, 0) is 10.2 Å². The largest absolute Gasteiger partial charge is 0.385 e. The van der Waals surface area contributed by atoms with Crippen molar-refractivity contribution in [2.24, 2.45) is 5.73 Å². The Kier molecular flexibility index (Phi) is 3.31. The number of carbonyl (C=O) groups is 1. The van der Waals surface area contributed by atoms with Crippen LogP contribution < -0.4 is 5.73 Å². The van der Waals surface area contributed by atoms with Gasteiger partial charge in [-0.1, -0.05) is 56.3 Å². The number of aliphatic hydroxyl groups excluding tert-OH is 2. The van der Waals surface area contributed by atoms with Gasteiger partial charge in [0.1, 0.15) is 6.10 Å². The predicted octanol–water partition coefficient (Wildman–Crippen LogP) is 1.87. The van der Waals surface area contributed by atoms with Crippen molar-refractivity contribution >= 4 is 5.91 Å². The number of aliphatic hydroxyl groups is 2. The minimum Gasteiger partial charge on any atom is -0.385 e. The van der Waals surface area contributed by atoms with Gasteiger partial charge in [0.2, 0.25) is 5.91 Å². The lowest BCUT2D eigenvalue weighted by Gasteiger charge is -2.23. The molecule has 0 heterocycles. The van der Waals surface area contributed by atoms with Crippen molar-refractivity contribution in [3.63, 3.8) is 0 Å². The van der Waals surface area contributed by atoms with Crippen LogP contribution in [-0.4, -0.2) is 22.2 Å². The smallest absolute Gasteiger partial charge is 0.249 e. The lowest BCUT2D eigenvalue weighted by atomic mass is 9.81. The van der Waals surface area contributed by atoms with E-state index in [-0.39, 0.29) is 5.41 Å². The van der Waals surface area contributed by atoms with E-state index in [1.165, 1.54) is 11.1 Å². The average molecular weight is 297 g/mol. The van der Waals surface area contributed by atoms with Gasteiger partial charge >= 0.3 is 0 Å². The molecule has 0 spiro atoms. The summed E-state index contributed by atoms with van der Waals surface area (Å²) in [5.74, 6) is -0.935. The van der Waals surface area contributed by atoms with Gasteiger partial charge in [-0.05, 0) is 27.8 Å². The van der Waals surface area contributed by atoms with Crippen LogP contribution in [0.2, 0.25) is 0 Å². The van der Waals surface area contributed by atoms with Crippen LogP contribution in [0.1, 0.15) is 36.6 Å². The Morgan fingerprint density at radius 2 is 1.68 bits per heavy atom. The number of nitrogens with two attached hydrogens (primary N) is 1. The van der Waals surface area contributed by atoms with Crippen molar-refractivity contribution in [3.8, 4) is 11.1 Å². The second-order valence-corrected chi connectivity index (χ2v) is 6.27. The quantitative estimate of drug-likeness (QED) is 0.808. The zero-order chi connectivity index (χ0) is 16.1. The third kappa shape index (κ3) is 2.03. The van der Waals surface area contributed by atoms with Gasteiger partial charge in [-0.2, -0.15) is 0 Å². The van der Waals surface area contributed by atoms with E-state index in [9.17, 15) is 15.0 Å². The Balaban J connectivity index is 2.10. The number of carbonyl (C=O) groups excluding carboxylic acids is 1. The highest BCUT2D eigenvalue weighted by Crippen LogP contribution is 2.49. The van der Waals surface area contributed by atoms with E-state index in [1.54, 1.807) is 6.07 Å². The summed E-state index contributed by atoms with van der Waals surface area (Å²) in [6, 6.07) is 13.7. The van der Waals surface area contributed by atoms with Gasteiger partial charge in [0, 0.05) is 5.41 Å². The summed E-state index contributed by atoms with van der Waals surface area (Å²) < 4.78 is 0. The number of rotatable bonds is 3. The van der Waals surface area contributed by atoms with Crippen LogP contribution >= 0.6 is 0 Å². The van der Waals surface area contributed by atoms with E-state index in [1.807, 2.05) is 24.3 Å². The van der Waals surface area contributed by atoms with Crippen molar-refractivity contribution in [2.45, 2.75) is 31.5 Å². The van der Waals surface area contributed by atoms with Crippen molar-refractivity contribution in [1.82, 2.24) is 0 Å². The molecule has 2 aromatic carbocycles. The van der Waals surface area contributed by atoms with Crippen LogP contribution in [0.25, 0.3) is 11.1 Å². The summed E-state index contributed by atoms with van der Waals surface area (Å²) in [5.41, 5.74) is 9.95. The highest BCUT2D eigenvalue weighted by Gasteiger charge is 2.36. The molecule has 0 saturated heterocycles. The van der Waals surface area contributed by atoms with Crippen LogP contribution in [0, 0.1) is 0 Å². The van der Waals surface area contributed by atoms with E-state index in [0.717, 1.165) is 11.1 Å². The second kappa shape index (κ2) is 4.93. The molecule has 4 N–H and O–H groups in total. The van der Waals surface area contributed by atoms with Crippen molar-refractivity contribution < 1.29 is 15.0 Å². The standard InChI is InChI=1S/C18H19NO3/c1-18(2)13-6-4-3-5-11(13)12-8-7-10(9-14(12)18)15(20)16(21)17(19)22/h3-9,15-16,20-21H,1-2H3,(H2,19,22). The first-order valence-corrected chi connectivity index (χ1v) is 7.24. The molecule has 114 valence electrons. The lowest BCUT2D eigenvalue weighted by Crippen LogP contribution is -2.34. The van der Waals surface area contributed by atoms with Crippen molar-refractivity contribution in [3.05, 3.63) is 59.2 Å². The molecule has 2 aromatic rings. The van der Waals surface area contributed by atoms with Crippen molar-refractivity contribution in [2.75, 3.05) is 0 Å².